The largest absolute Gasteiger partial charge is 0.462 e. The van der Waals surface area contributed by atoms with Crippen molar-refractivity contribution < 1.29 is 9.53 Å². The normalized spacial score (nSPS) is 19.4. The molecule has 44 heavy (non-hydrogen) atoms. The minimum absolute atomic E-state index is 0.0295. The Hall–Kier alpha value is -3.65. The quantitative estimate of drug-likeness (QED) is 0.114. The molecule has 1 unspecified atom stereocenters. The predicted octanol–water partition coefficient (Wildman–Crippen LogP) is 12.3. The molecule has 0 saturated carbocycles. The van der Waals surface area contributed by atoms with Gasteiger partial charge in [0, 0.05) is 13.3 Å². The summed E-state index contributed by atoms with van der Waals surface area (Å²) >= 11 is 0. The Bertz CT molecular complexity index is 1330. The van der Waals surface area contributed by atoms with E-state index >= 15 is 0 Å². The molecule has 0 N–H and O–H groups in total. The first-order valence-electron chi connectivity index (χ1n) is 15.9. The molecule has 2 heteroatoms. The van der Waals surface area contributed by atoms with Crippen LogP contribution in [0.3, 0.4) is 0 Å². The summed E-state index contributed by atoms with van der Waals surface area (Å²) in [6.07, 6.45) is 38.1. The molecule has 1 aliphatic rings. The van der Waals surface area contributed by atoms with E-state index in [1.165, 1.54) is 51.5 Å². The van der Waals surface area contributed by atoms with Gasteiger partial charge in [-0.15, -0.1) is 0 Å². The molecule has 0 aromatic rings. The maximum atomic E-state index is 11.4. The van der Waals surface area contributed by atoms with Crippen molar-refractivity contribution in [3.63, 3.8) is 0 Å². The van der Waals surface area contributed by atoms with Crippen molar-refractivity contribution in [2.45, 2.75) is 108 Å². The lowest BCUT2D eigenvalue weighted by molar-refractivity contribution is -0.147. The summed E-state index contributed by atoms with van der Waals surface area (Å²) in [6.45, 7) is 23.0. The minimum Gasteiger partial charge on any atom is -0.462 e. The van der Waals surface area contributed by atoms with Crippen LogP contribution in [0.5, 0.6) is 0 Å². The Morgan fingerprint density at radius 3 is 1.68 bits per heavy atom. The second-order valence-corrected chi connectivity index (χ2v) is 13.0. The maximum absolute atomic E-state index is 11.4. The summed E-state index contributed by atoms with van der Waals surface area (Å²) < 4.78 is 5.50. The molecule has 0 aromatic heterocycles. The molecular formula is C42H58O2. The molecule has 2 nitrogen and oxygen atoms in total. The van der Waals surface area contributed by atoms with E-state index in [1.54, 1.807) is 0 Å². The van der Waals surface area contributed by atoms with Crippen LogP contribution in [-0.4, -0.2) is 12.1 Å². The van der Waals surface area contributed by atoms with E-state index < -0.39 is 0 Å². The Morgan fingerprint density at radius 2 is 1.20 bits per heavy atom. The summed E-state index contributed by atoms with van der Waals surface area (Å²) in [7, 11) is 0. The molecule has 0 bridgehead atoms. The highest BCUT2D eigenvalue weighted by Gasteiger charge is 2.33. The lowest BCUT2D eigenvalue weighted by Gasteiger charge is -2.37. The zero-order valence-electron chi connectivity index (χ0n) is 29.5. The number of esters is 1. The molecule has 1 rings (SSSR count). The molecule has 0 aromatic carbocycles. The van der Waals surface area contributed by atoms with Crippen molar-refractivity contribution in [3.8, 4) is 0 Å². The molecule has 0 amide bonds. The SMILES string of the molecule is CC(=O)OC1CC(C)=C(/C=C/C(C)=C/C=C/C(C)=C/C=C/C=C(C)/C=C\C=C(C)\C=C\C=C(/C)CCC=C(C)C)C(C)(C)C1. The van der Waals surface area contributed by atoms with Gasteiger partial charge in [-0.05, 0) is 85.6 Å². The van der Waals surface area contributed by atoms with Gasteiger partial charge in [-0.1, -0.05) is 150 Å². The summed E-state index contributed by atoms with van der Waals surface area (Å²) in [5.41, 5.74) is 10.2. The molecular weight excluding hydrogens is 536 g/mol. The van der Waals surface area contributed by atoms with Gasteiger partial charge in [-0.25, -0.2) is 0 Å². The first-order valence-corrected chi connectivity index (χ1v) is 15.9. The number of hydrogen-bond donors (Lipinski definition) is 0. The third-order valence-corrected chi connectivity index (χ3v) is 7.40. The van der Waals surface area contributed by atoms with Gasteiger partial charge in [-0.3, -0.25) is 4.79 Å². The highest BCUT2D eigenvalue weighted by atomic mass is 16.5. The monoisotopic (exact) mass is 594 g/mol. The molecule has 1 atom stereocenters. The molecule has 0 aliphatic heterocycles. The lowest BCUT2D eigenvalue weighted by atomic mass is 9.71. The van der Waals surface area contributed by atoms with Crippen LogP contribution in [0.4, 0.5) is 0 Å². The smallest absolute Gasteiger partial charge is 0.302 e. The average molecular weight is 595 g/mol. The number of rotatable bonds is 14. The van der Waals surface area contributed by atoms with Gasteiger partial charge in [0.05, 0.1) is 0 Å². The fraction of sp³-hybridized carbons (Fsp3) is 0.405. The van der Waals surface area contributed by atoms with Crippen LogP contribution in [0, 0.1) is 5.41 Å². The van der Waals surface area contributed by atoms with Gasteiger partial charge in [0.25, 0.3) is 0 Å². The van der Waals surface area contributed by atoms with E-state index in [0.29, 0.717) is 0 Å². The molecule has 0 spiro atoms. The fourth-order valence-corrected chi connectivity index (χ4v) is 5.06. The molecule has 0 fully saturated rings. The van der Waals surface area contributed by atoms with Gasteiger partial charge in [0.2, 0.25) is 0 Å². The van der Waals surface area contributed by atoms with Gasteiger partial charge >= 0.3 is 5.97 Å². The second-order valence-electron chi connectivity index (χ2n) is 13.0. The number of hydrogen-bond acceptors (Lipinski definition) is 2. The van der Waals surface area contributed by atoms with E-state index in [-0.39, 0.29) is 17.5 Å². The number of ether oxygens (including phenoxy) is 1. The van der Waals surface area contributed by atoms with Gasteiger partial charge in [0.1, 0.15) is 6.10 Å². The first kappa shape index (κ1) is 38.4. The Labute approximate surface area is 270 Å². The van der Waals surface area contributed by atoms with Gasteiger partial charge in [0.15, 0.2) is 0 Å². The maximum Gasteiger partial charge on any atom is 0.302 e. The highest BCUT2D eigenvalue weighted by Crippen LogP contribution is 2.42. The average Bonchev–Trinajstić information content (AvgIpc) is 2.89. The van der Waals surface area contributed by atoms with E-state index in [9.17, 15) is 4.79 Å². The van der Waals surface area contributed by atoms with Crippen LogP contribution in [0.15, 0.2) is 142 Å². The van der Waals surface area contributed by atoms with E-state index in [1.807, 2.05) is 0 Å². The van der Waals surface area contributed by atoms with Crippen molar-refractivity contribution in [2.24, 2.45) is 5.41 Å². The first-order chi connectivity index (χ1) is 20.7. The van der Waals surface area contributed by atoms with E-state index in [2.05, 4.69) is 166 Å². The number of carbonyl (C=O) groups is 1. The second kappa shape index (κ2) is 20.3. The molecule has 0 saturated heterocycles. The van der Waals surface area contributed by atoms with Crippen molar-refractivity contribution in [2.75, 3.05) is 0 Å². The van der Waals surface area contributed by atoms with Crippen LogP contribution in [0.25, 0.3) is 0 Å². The third-order valence-electron chi connectivity index (χ3n) is 7.40. The van der Waals surface area contributed by atoms with Crippen molar-refractivity contribution in [3.05, 3.63) is 142 Å². The minimum atomic E-state index is -0.200. The lowest BCUT2D eigenvalue weighted by Crippen LogP contribution is -2.31. The molecule has 0 radical (unpaired) electrons. The van der Waals surface area contributed by atoms with E-state index in [0.717, 1.165) is 25.7 Å². The number of allylic oxidation sites excluding steroid dienone is 23. The van der Waals surface area contributed by atoms with Crippen LogP contribution >= 0.6 is 0 Å². The number of carbonyl (C=O) groups excluding carboxylic acids is 1. The third kappa shape index (κ3) is 17.5. The predicted molar refractivity (Wildman–Crippen MR) is 194 cm³/mol. The molecule has 1 aliphatic carbocycles. The Balaban J connectivity index is 2.64. The van der Waals surface area contributed by atoms with Crippen LogP contribution < -0.4 is 0 Å². The fourth-order valence-electron chi connectivity index (χ4n) is 5.06. The summed E-state index contributed by atoms with van der Waals surface area (Å²) in [5, 5.41) is 0. The molecule has 238 valence electrons. The van der Waals surface area contributed by atoms with Crippen LogP contribution in [0.2, 0.25) is 0 Å². The van der Waals surface area contributed by atoms with Crippen molar-refractivity contribution in [1.82, 2.24) is 0 Å². The zero-order chi connectivity index (χ0) is 33.1. The van der Waals surface area contributed by atoms with Crippen LogP contribution in [-0.2, 0) is 9.53 Å². The van der Waals surface area contributed by atoms with Crippen molar-refractivity contribution in [1.29, 1.82) is 0 Å². The Kier molecular flexibility index (Phi) is 17.7. The van der Waals surface area contributed by atoms with Crippen molar-refractivity contribution >= 4 is 5.97 Å². The summed E-state index contributed by atoms with van der Waals surface area (Å²) in [5.74, 6) is -0.200. The standard InChI is InChI=1S/C42H58O2/c1-32(2)18-14-21-35(5)24-16-26-36(6)25-15-22-33(3)19-12-13-20-34(4)23-17-27-37(7)28-29-41-38(8)30-40(44-39(9)43)31-42(41,10)11/h12-13,15-20,22-29,40H,14,21,30-31H2,1-11H3/b13-12+,22-15-,23-17+,26-16+,29-28+,33-19+,34-20+,35-24+,36-25+,37-27+. The topological polar surface area (TPSA) is 26.3 Å². The zero-order valence-corrected chi connectivity index (χ0v) is 29.5. The summed E-state index contributed by atoms with van der Waals surface area (Å²) in [4.78, 5) is 11.4. The molecule has 0 heterocycles. The summed E-state index contributed by atoms with van der Waals surface area (Å²) in [6, 6.07) is 0. The van der Waals surface area contributed by atoms with Gasteiger partial charge < -0.3 is 4.74 Å². The Morgan fingerprint density at radius 1 is 0.727 bits per heavy atom. The van der Waals surface area contributed by atoms with Crippen LogP contribution in [0.1, 0.15) is 102 Å². The van der Waals surface area contributed by atoms with E-state index in [4.69, 9.17) is 4.74 Å². The highest BCUT2D eigenvalue weighted by molar-refractivity contribution is 5.66. The van der Waals surface area contributed by atoms with Gasteiger partial charge in [-0.2, -0.15) is 0 Å².